The highest BCUT2D eigenvalue weighted by atomic mass is 32.2. The third-order valence-corrected chi connectivity index (χ3v) is 5.49. The summed E-state index contributed by atoms with van der Waals surface area (Å²) >= 11 is 0. The summed E-state index contributed by atoms with van der Waals surface area (Å²) in [5, 5.41) is 10.8. The average molecular weight is 418 g/mol. The first kappa shape index (κ1) is 20.6. The molecule has 1 atom stereocenters. The molecule has 4 N–H and O–H groups in total. The summed E-state index contributed by atoms with van der Waals surface area (Å²) in [6.45, 7) is 0.819. The van der Waals surface area contributed by atoms with Gasteiger partial charge in [0.15, 0.2) is 0 Å². The van der Waals surface area contributed by atoms with Crippen LogP contribution >= 0.6 is 0 Å². The topological polar surface area (TPSA) is 131 Å². The van der Waals surface area contributed by atoms with Crippen LogP contribution in [0.25, 0.3) is 0 Å². The number of benzene rings is 2. The fourth-order valence-corrected chi connectivity index (χ4v) is 3.63. The van der Waals surface area contributed by atoms with E-state index in [2.05, 4.69) is 10.6 Å². The maximum atomic E-state index is 12.7. The molecule has 0 bridgehead atoms. The fraction of sp³-hybridized carbons (Fsp3) is 0.263. The monoisotopic (exact) mass is 418 g/mol. The summed E-state index contributed by atoms with van der Waals surface area (Å²) in [7, 11) is -2.57. The number of likely N-dealkylation sites (tertiary alicyclic amines) is 1. The van der Waals surface area contributed by atoms with Gasteiger partial charge >= 0.3 is 6.03 Å². The van der Waals surface area contributed by atoms with Crippen molar-refractivity contribution in [2.75, 3.05) is 25.5 Å². The second-order valence-corrected chi connectivity index (χ2v) is 8.17. The number of para-hydroxylation sites is 1. The van der Waals surface area contributed by atoms with Crippen molar-refractivity contribution in [2.24, 2.45) is 5.14 Å². The van der Waals surface area contributed by atoms with Crippen LogP contribution in [0.1, 0.15) is 16.8 Å². The number of amides is 3. The molecular weight excluding hydrogens is 396 g/mol. The van der Waals surface area contributed by atoms with Crippen LogP contribution in [-0.2, 0) is 10.0 Å². The van der Waals surface area contributed by atoms with Gasteiger partial charge in [0.2, 0.25) is 10.0 Å². The lowest BCUT2D eigenvalue weighted by Gasteiger charge is -2.18. The number of nitrogens with zero attached hydrogens (tertiary/aromatic N) is 1. The standard InChI is InChI=1S/C19H22N4O5S/c1-28-17-8-7-15(29(20,26)27)11-16(17)18(24)21-14-9-10-23(12-14)19(25)22-13-5-3-2-4-6-13/h2-8,11,14H,9-10,12H2,1H3,(H,21,24)(H,22,25)(H2,20,26,27). The molecular formula is C19H22N4O5S. The number of nitrogens with two attached hydrogens (primary N) is 1. The lowest BCUT2D eigenvalue weighted by molar-refractivity contribution is 0.0935. The number of rotatable bonds is 5. The minimum atomic E-state index is -3.96. The van der Waals surface area contributed by atoms with Crippen molar-refractivity contribution in [3.05, 3.63) is 54.1 Å². The smallest absolute Gasteiger partial charge is 0.321 e. The molecule has 9 nitrogen and oxygen atoms in total. The largest absolute Gasteiger partial charge is 0.496 e. The highest BCUT2D eigenvalue weighted by Gasteiger charge is 2.28. The second kappa shape index (κ2) is 8.50. The van der Waals surface area contributed by atoms with Crippen molar-refractivity contribution in [1.29, 1.82) is 0 Å². The molecule has 1 heterocycles. The Morgan fingerprint density at radius 2 is 1.90 bits per heavy atom. The molecule has 154 valence electrons. The first-order chi connectivity index (χ1) is 13.8. The van der Waals surface area contributed by atoms with Gasteiger partial charge in [-0.15, -0.1) is 0 Å². The van der Waals surface area contributed by atoms with Crippen molar-refractivity contribution >= 4 is 27.6 Å². The number of nitrogens with one attached hydrogen (secondary N) is 2. The van der Waals surface area contributed by atoms with Crippen LogP contribution in [0, 0.1) is 0 Å². The van der Waals surface area contributed by atoms with Crippen molar-refractivity contribution in [3.63, 3.8) is 0 Å². The molecule has 10 heteroatoms. The average Bonchev–Trinajstić information content (AvgIpc) is 3.16. The lowest BCUT2D eigenvalue weighted by Crippen LogP contribution is -2.39. The van der Waals surface area contributed by atoms with Crippen LogP contribution in [0.2, 0.25) is 0 Å². The first-order valence-electron chi connectivity index (χ1n) is 8.90. The molecule has 1 saturated heterocycles. The highest BCUT2D eigenvalue weighted by molar-refractivity contribution is 7.89. The van der Waals surface area contributed by atoms with Crippen LogP contribution in [0.5, 0.6) is 5.75 Å². The van der Waals surface area contributed by atoms with E-state index in [9.17, 15) is 18.0 Å². The van der Waals surface area contributed by atoms with Gasteiger partial charge in [-0.2, -0.15) is 0 Å². The molecule has 3 rings (SSSR count). The first-order valence-corrected chi connectivity index (χ1v) is 10.5. The number of carbonyl (C=O) groups is 2. The number of hydrogen-bond acceptors (Lipinski definition) is 5. The molecule has 29 heavy (non-hydrogen) atoms. The fourth-order valence-electron chi connectivity index (χ4n) is 3.09. The Morgan fingerprint density at radius 1 is 1.17 bits per heavy atom. The summed E-state index contributed by atoms with van der Waals surface area (Å²) in [6, 6.07) is 12.4. The molecule has 0 spiro atoms. The molecule has 1 unspecified atom stereocenters. The maximum Gasteiger partial charge on any atom is 0.321 e. The van der Waals surface area contributed by atoms with Gasteiger partial charge in [0.1, 0.15) is 5.75 Å². The molecule has 2 aromatic rings. The van der Waals surface area contributed by atoms with E-state index in [0.717, 1.165) is 0 Å². The minimum absolute atomic E-state index is 0.0613. The van der Waals surface area contributed by atoms with E-state index in [4.69, 9.17) is 9.88 Å². The number of anilines is 1. The summed E-state index contributed by atoms with van der Waals surface area (Å²) in [6.07, 6.45) is 0.575. The van der Waals surface area contributed by atoms with Gasteiger partial charge in [-0.3, -0.25) is 4.79 Å². The van der Waals surface area contributed by atoms with E-state index in [-0.39, 0.29) is 28.3 Å². The summed E-state index contributed by atoms with van der Waals surface area (Å²) < 4.78 is 28.3. The van der Waals surface area contributed by atoms with Crippen LogP contribution in [0.15, 0.2) is 53.4 Å². The zero-order chi connectivity index (χ0) is 21.0. The van der Waals surface area contributed by atoms with E-state index < -0.39 is 15.9 Å². The Balaban J connectivity index is 1.65. The van der Waals surface area contributed by atoms with Gasteiger partial charge in [0.25, 0.3) is 5.91 Å². The maximum absolute atomic E-state index is 12.7. The summed E-state index contributed by atoms with van der Waals surface area (Å²) in [5.41, 5.74) is 0.751. The Morgan fingerprint density at radius 3 is 2.55 bits per heavy atom. The van der Waals surface area contributed by atoms with E-state index in [1.165, 1.54) is 25.3 Å². The Hall–Kier alpha value is -3.11. The van der Waals surface area contributed by atoms with Gasteiger partial charge in [-0.05, 0) is 36.8 Å². The Labute approximate surface area is 168 Å². The van der Waals surface area contributed by atoms with Crippen LogP contribution in [0.4, 0.5) is 10.5 Å². The second-order valence-electron chi connectivity index (χ2n) is 6.61. The number of urea groups is 1. The van der Waals surface area contributed by atoms with E-state index in [0.29, 0.717) is 25.2 Å². The minimum Gasteiger partial charge on any atom is -0.496 e. The number of ether oxygens (including phenoxy) is 1. The zero-order valence-electron chi connectivity index (χ0n) is 15.8. The Kier molecular flexibility index (Phi) is 6.04. The highest BCUT2D eigenvalue weighted by Crippen LogP contribution is 2.22. The van der Waals surface area contributed by atoms with Crippen LogP contribution in [0.3, 0.4) is 0 Å². The normalized spacial score (nSPS) is 16.3. The molecule has 0 radical (unpaired) electrons. The molecule has 0 aliphatic carbocycles. The number of methoxy groups -OCH3 is 1. The molecule has 1 aliphatic rings. The molecule has 3 amide bonds. The van der Waals surface area contributed by atoms with E-state index in [1.807, 2.05) is 18.2 Å². The summed E-state index contributed by atoms with van der Waals surface area (Å²) in [5.74, 6) is -0.269. The molecule has 1 aliphatic heterocycles. The number of carbonyl (C=O) groups excluding carboxylic acids is 2. The summed E-state index contributed by atoms with van der Waals surface area (Å²) in [4.78, 5) is 26.5. The van der Waals surface area contributed by atoms with Crippen LogP contribution in [-0.4, -0.2) is 51.5 Å². The van der Waals surface area contributed by atoms with Crippen molar-refractivity contribution < 1.29 is 22.7 Å². The third-order valence-electron chi connectivity index (χ3n) is 4.58. The van der Waals surface area contributed by atoms with Gasteiger partial charge in [0.05, 0.1) is 17.6 Å². The van der Waals surface area contributed by atoms with Gasteiger partial charge in [-0.25, -0.2) is 18.4 Å². The van der Waals surface area contributed by atoms with Crippen LogP contribution < -0.4 is 20.5 Å². The Bertz CT molecular complexity index is 1010. The SMILES string of the molecule is COc1ccc(S(N)(=O)=O)cc1C(=O)NC1CCN(C(=O)Nc2ccccc2)C1. The number of sulfonamides is 1. The third kappa shape index (κ3) is 5.04. The number of hydrogen-bond donors (Lipinski definition) is 3. The predicted molar refractivity (Wildman–Crippen MR) is 107 cm³/mol. The molecule has 1 fully saturated rings. The van der Waals surface area contributed by atoms with Crippen molar-refractivity contribution in [1.82, 2.24) is 10.2 Å². The lowest BCUT2D eigenvalue weighted by atomic mass is 10.1. The molecule has 0 aromatic heterocycles. The zero-order valence-corrected chi connectivity index (χ0v) is 16.6. The van der Waals surface area contributed by atoms with E-state index in [1.54, 1.807) is 17.0 Å². The van der Waals surface area contributed by atoms with Gasteiger partial charge in [0, 0.05) is 24.8 Å². The number of primary sulfonamides is 1. The van der Waals surface area contributed by atoms with E-state index >= 15 is 0 Å². The molecule has 2 aromatic carbocycles. The molecule has 0 saturated carbocycles. The van der Waals surface area contributed by atoms with Gasteiger partial charge < -0.3 is 20.3 Å². The van der Waals surface area contributed by atoms with Crippen molar-refractivity contribution in [2.45, 2.75) is 17.4 Å². The quantitative estimate of drug-likeness (QED) is 0.675. The van der Waals surface area contributed by atoms with Crippen molar-refractivity contribution in [3.8, 4) is 5.75 Å². The predicted octanol–water partition coefficient (Wildman–Crippen LogP) is 1.38. The van der Waals surface area contributed by atoms with Gasteiger partial charge in [-0.1, -0.05) is 18.2 Å².